The number of benzene rings is 1. The number of hydrogen-bond donors (Lipinski definition) is 2. The molecule has 1 aromatic carbocycles. The average molecular weight is 341 g/mol. The number of para-hydroxylation sites is 1. The van der Waals surface area contributed by atoms with Crippen molar-refractivity contribution in [2.24, 2.45) is 11.8 Å². The number of hydrogen-bond acceptors (Lipinski definition) is 4. The van der Waals surface area contributed by atoms with E-state index in [2.05, 4.69) is 41.5 Å². The molecule has 3 aliphatic rings. The summed E-state index contributed by atoms with van der Waals surface area (Å²) in [6.45, 7) is 6.12. The van der Waals surface area contributed by atoms with Crippen molar-refractivity contribution in [1.29, 1.82) is 0 Å². The van der Waals surface area contributed by atoms with Gasteiger partial charge in [0, 0.05) is 5.69 Å². The van der Waals surface area contributed by atoms with Crippen LogP contribution in [0.25, 0.3) is 0 Å². The zero-order valence-electron chi connectivity index (χ0n) is 15.0. The Labute approximate surface area is 149 Å². The summed E-state index contributed by atoms with van der Waals surface area (Å²) in [5.74, 6) is -0.669. The number of fused-ring (bicyclic) bond motifs is 2. The average Bonchev–Trinajstić information content (AvgIpc) is 3.02. The van der Waals surface area contributed by atoms with Crippen LogP contribution in [0.3, 0.4) is 0 Å². The van der Waals surface area contributed by atoms with Crippen LogP contribution in [0.2, 0.25) is 0 Å². The van der Waals surface area contributed by atoms with Crippen molar-refractivity contribution < 1.29 is 9.59 Å². The normalized spacial score (nSPS) is 33.6. The maximum atomic E-state index is 12.8. The number of anilines is 1. The molecule has 3 aliphatic heterocycles. The molecule has 5 heteroatoms. The van der Waals surface area contributed by atoms with Crippen LogP contribution in [0, 0.1) is 11.8 Å². The Hall–Kier alpha value is -1.88. The number of nitrogens with one attached hydrogen (secondary N) is 2. The molecule has 3 unspecified atom stereocenters. The van der Waals surface area contributed by atoms with Crippen molar-refractivity contribution in [3.63, 3.8) is 0 Å². The molecule has 1 aromatic rings. The summed E-state index contributed by atoms with van der Waals surface area (Å²) in [4.78, 5) is 28.1. The molecule has 0 saturated carbocycles. The fourth-order valence-corrected chi connectivity index (χ4v) is 5.86. The van der Waals surface area contributed by atoms with Crippen LogP contribution in [-0.2, 0) is 9.59 Å². The molecule has 4 rings (SSSR count). The summed E-state index contributed by atoms with van der Waals surface area (Å²) in [6, 6.07) is 10.4. The Morgan fingerprint density at radius 1 is 1.08 bits per heavy atom. The van der Waals surface area contributed by atoms with E-state index in [0.29, 0.717) is 0 Å². The first-order chi connectivity index (χ1) is 12.0. The molecule has 3 fully saturated rings. The summed E-state index contributed by atoms with van der Waals surface area (Å²) in [6.07, 6.45) is 3.67. The molecule has 1 spiro atoms. The molecule has 2 amide bonds. The first kappa shape index (κ1) is 16.6. The Morgan fingerprint density at radius 2 is 1.72 bits per heavy atom. The number of nitrogens with zero attached hydrogens (tertiary/aromatic N) is 1. The SMILES string of the molecule is CCCC1(C)C2C(=O)NC(=O)C2C2(CCNCC2)N1c1ccccc1. The fourth-order valence-electron chi connectivity index (χ4n) is 5.86. The lowest BCUT2D eigenvalue weighted by molar-refractivity contribution is -0.127. The third-order valence-electron chi connectivity index (χ3n) is 6.59. The molecule has 3 heterocycles. The Bertz CT molecular complexity index is 683. The van der Waals surface area contributed by atoms with Gasteiger partial charge in [-0.25, -0.2) is 0 Å². The quantitative estimate of drug-likeness (QED) is 0.827. The molecule has 3 saturated heterocycles. The Morgan fingerprint density at radius 3 is 2.36 bits per heavy atom. The van der Waals surface area contributed by atoms with E-state index in [9.17, 15) is 9.59 Å². The van der Waals surface area contributed by atoms with E-state index in [1.165, 1.54) is 0 Å². The van der Waals surface area contributed by atoms with Gasteiger partial charge < -0.3 is 10.2 Å². The summed E-state index contributed by atoms with van der Waals surface area (Å²) < 4.78 is 0. The summed E-state index contributed by atoms with van der Waals surface area (Å²) in [5.41, 5.74) is 0.515. The Kier molecular flexibility index (Phi) is 3.87. The first-order valence-corrected chi connectivity index (χ1v) is 9.45. The molecule has 134 valence electrons. The highest BCUT2D eigenvalue weighted by atomic mass is 16.2. The molecule has 5 nitrogen and oxygen atoms in total. The zero-order valence-corrected chi connectivity index (χ0v) is 15.0. The van der Waals surface area contributed by atoms with Crippen molar-refractivity contribution in [1.82, 2.24) is 10.6 Å². The van der Waals surface area contributed by atoms with Crippen LogP contribution in [0.5, 0.6) is 0 Å². The van der Waals surface area contributed by atoms with Crippen molar-refractivity contribution in [2.45, 2.75) is 50.6 Å². The van der Waals surface area contributed by atoms with Gasteiger partial charge in [0.15, 0.2) is 0 Å². The van der Waals surface area contributed by atoms with Crippen molar-refractivity contribution in [3.05, 3.63) is 30.3 Å². The molecular weight excluding hydrogens is 314 g/mol. The monoisotopic (exact) mass is 341 g/mol. The summed E-state index contributed by atoms with van der Waals surface area (Å²) in [7, 11) is 0. The number of amides is 2. The van der Waals surface area contributed by atoms with Gasteiger partial charge in [0.1, 0.15) is 0 Å². The second-order valence-electron chi connectivity index (χ2n) is 7.94. The second kappa shape index (κ2) is 5.84. The molecule has 0 aromatic heterocycles. The minimum Gasteiger partial charge on any atom is -0.359 e. The van der Waals surface area contributed by atoms with E-state index in [0.717, 1.165) is 44.5 Å². The van der Waals surface area contributed by atoms with E-state index >= 15 is 0 Å². The predicted molar refractivity (Wildman–Crippen MR) is 97.2 cm³/mol. The van der Waals surface area contributed by atoms with Gasteiger partial charge in [-0.15, -0.1) is 0 Å². The Balaban J connectivity index is 1.93. The number of carbonyl (C=O) groups excluding carboxylic acids is 2. The van der Waals surface area contributed by atoms with E-state index < -0.39 is 0 Å². The minimum absolute atomic E-state index is 0.0716. The van der Waals surface area contributed by atoms with Crippen LogP contribution in [0.4, 0.5) is 5.69 Å². The highest BCUT2D eigenvalue weighted by Gasteiger charge is 2.70. The minimum atomic E-state index is -0.339. The molecule has 0 bridgehead atoms. The largest absolute Gasteiger partial charge is 0.359 e. The van der Waals surface area contributed by atoms with Crippen LogP contribution in [0.1, 0.15) is 39.5 Å². The van der Waals surface area contributed by atoms with E-state index in [4.69, 9.17) is 0 Å². The van der Waals surface area contributed by atoms with Crippen LogP contribution >= 0.6 is 0 Å². The molecule has 3 atom stereocenters. The van der Waals surface area contributed by atoms with Gasteiger partial charge in [0.2, 0.25) is 11.8 Å². The van der Waals surface area contributed by atoms with Gasteiger partial charge in [-0.3, -0.25) is 14.9 Å². The topological polar surface area (TPSA) is 61.4 Å². The molecule has 25 heavy (non-hydrogen) atoms. The van der Waals surface area contributed by atoms with Gasteiger partial charge in [0.05, 0.1) is 22.9 Å². The number of carbonyl (C=O) groups is 2. The van der Waals surface area contributed by atoms with Crippen LogP contribution in [0.15, 0.2) is 30.3 Å². The number of piperidine rings is 1. The molecule has 2 N–H and O–H groups in total. The van der Waals surface area contributed by atoms with Gasteiger partial charge in [-0.2, -0.15) is 0 Å². The summed E-state index contributed by atoms with van der Waals surface area (Å²) in [5, 5.41) is 6.08. The maximum Gasteiger partial charge on any atom is 0.232 e. The van der Waals surface area contributed by atoms with Gasteiger partial charge in [-0.05, 0) is 51.4 Å². The summed E-state index contributed by atoms with van der Waals surface area (Å²) >= 11 is 0. The standard InChI is InChI=1S/C20H27N3O2/c1-3-9-19(2)15-16(18(25)22-17(15)24)20(10-12-21-13-11-20)23(19)14-7-5-4-6-8-14/h4-8,15-16,21H,3,9-13H2,1-2H3,(H,22,24,25). The zero-order chi connectivity index (χ0) is 17.7. The van der Waals surface area contributed by atoms with Crippen molar-refractivity contribution >= 4 is 17.5 Å². The van der Waals surface area contributed by atoms with Gasteiger partial charge >= 0.3 is 0 Å². The molecule has 0 radical (unpaired) electrons. The second-order valence-corrected chi connectivity index (χ2v) is 7.94. The van der Waals surface area contributed by atoms with Crippen molar-refractivity contribution in [3.8, 4) is 0 Å². The van der Waals surface area contributed by atoms with Crippen LogP contribution < -0.4 is 15.5 Å². The third-order valence-corrected chi connectivity index (χ3v) is 6.59. The van der Waals surface area contributed by atoms with Gasteiger partial charge in [0.25, 0.3) is 0 Å². The van der Waals surface area contributed by atoms with Gasteiger partial charge in [-0.1, -0.05) is 31.5 Å². The first-order valence-electron chi connectivity index (χ1n) is 9.45. The lowest BCUT2D eigenvalue weighted by atomic mass is 9.72. The van der Waals surface area contributed by atoms with Crippen molar-refractivity contribution in [2.75, 3.05) is 18.0 Å². The lowest BCUT2D eigenvalue weighted by Crippen LogP contribution is -2.61. The van der Waals surface area contributed by atoms with E-state index in [1.807, 2.05) is 18.2 Å². The highest BCUT2D eigenvalue weighted by Crippen LogP contribution is 2.58. The smallest absolute Gasteiger partial charge is 0.232 e. The lowest BCUT2D eigenvalue weighted by Gasteiger charge is -2.51. The van der Waals surface area contributed by atoms with Crippen LogP contribution in [-0.4, -0.2) is 36.0 Å². The third kappa shape index (κ3) is 2.18. The molecule has 0 aliphatic carbocycles. The molecular formula is C20H27N3O2. The van der Waals surface area contributed by atoms with E-state index in [1.54, 1.807) is 0 Å². The van der Waals surface area contributed by atoms with E-state index in [-0.39, 0.29) is 34.7 Å². The fraction of sp³-hybridized carbons (Fsp3) is 0.600. The predicted octanol–water partition coefficient (Wildman–Crippen LogP) is 2.08. The number of imide groups is 1. The maximum absolute atomic E-state index is 12.8. The highest BCUT2D eigenvalue weighted by molar-refractivity contribution is 6.08. The number of rotatable bonds is 3.